The summed E-state index contributed by atoms with van der Waals surface area (Å²) in [7, 11) is 0. The first-order chi connectivity index (χ1) is 3.30. The van der Waals surface area contributed by atoms with Gasteiger partial charge in [-0.1, -0.05) is 0 Å². The van der Waals surface area contributed by atoms with Crippen LogP contribution in [0.5, 0.6) is 0 Å². The van der Waals surface area contributed by atoms with Gasteiger partial charge in [0.1, 0.15) is 5.78 Å². The molecule has 1 fully saturated rings. The molecule has 0 aromatic carbocycles. The largest absolute Gasteiger partial charge is 0.299 e. The molecule has 0 spiro atoms. The first-order valence-corrected chi connectivity index (χ1v) is 3.47. The second-order valence-electron chi connectivity index (χ2n) is 1.76. The minimum absolute atomic E-state index is 0.344. The van der Waals surface area contributed by atoms with Crippen molar-refractivity contribution in [2.24, 2.45) is 0 Å². The highest BCUT2D eigenvalue weighted by molar-refractivity contribution is 8.01. The van der Waals surface area contributed by atoms with Gasteiger partial charge in [-0.15, -0.1) is 0 Å². The molecule has 1 aliphatic heterocycles. The van der Waals surface area contributed by atoms with E-state index in [-0.39, 0.29) is 0 Å². The third kappa shape index (κ3) is 0.969. The molecule has 1 nitrogen and oxygen atoms in total. The van der Waals surface area contributed by atoms with Gasteiger partial charge >= 0.3 is 0 Å². The summed E-state index contributed by atoms with van der Waals surface area (Å²) in [4.78, 5) is 10.4. The van der Waals surface area contributed by atoms with Gasteiger partial charge < -0.3 is 0 Å². The summed E-state index contributed by atoms with van der Waals surface area (Å²) in [5.41, 5.74) is 0. The Morgan fingerprint density at radius 2 is 2.43 bits per heavy atom. The zero-order valence-corrected chi connectivity index (χ0v) is 5.12. The average Bonchev–Trinajstić information content (AvgIpc) is 1.23. The second kappa shape index (κ2) is 1.86. The summed E-state index contributed by atoms with van der Waals surface area (Å²) in [6, 6.07) is 0. The molecule has 0 radical (unpaired) electrons. The molecular formula is C5H8OS. The Morgan fingerprint density at radius 3 is 2.43 bits per heavy atom. The van der Waals surface area contributed by atoms with Crippen LogP contribution in [0, 0.1) is 0 Å². The van der Waals surface area contributed by atoms with E-state index in [9.17, 15) is 4.79 Å². The van der Waals surface area contributed by atoms with Crippen molar-refractivity contribution >= 4 is 17.5 Å². The molecule has 1 atom stereocenters. The molecular weight excluding hydrogens is 108 g/mol. The quantitative estimate of drug-likeness (QED) is 0.510. The molecule has 0 aliphatic carbocycles. The number of carbonyl (C=O) groups is 1. The third-order valence-corrected chi connectivity index (χ3v) is 2.59. The fourth-order valence-corrected chi connectivity index (χ4v) is 1.26. The fourth-order valence-electron chi connectivity index (χ4n) is 0.556. The molecule has 1 heterocycles. The Kier molecular flexibility index (Phi) is 1.38. The predicted molar refractivity (Wildman–Crippen MR) is 31.5 cm³/mol. The summed E-state index contributed by atoms with van der Waals surface area (Å²) >= 11 is 1.76. The van der Waals surface area contributed by atoms with Gasteiger partial charge in [-0.05, 0) is 19.1 Å². The lowest BCUT2D eigenvalue weighted by atomic mass is 10.2. The molecule has 2 heteroatoms. The molecule has 7 heavy (non-hydrogen) atoms. The molecule has 40 valence electrons. The molecule has 0 N–H and O–H groups in total. The van der Waals surface area contributed by atoms with Crippen molar-refractivity contribution in [2.45, 2.75) is 18.6 Å². The Bertz CT molecular complexity index is 86.1. The van der Waals surface area contributed by atoms with Crippen molar-refractivity contribution < 1.29 is 4.79 Å². The van der Waals surface area contributed by atoms with E-state index in [4.69, 9.17) is 0 Å². The highest BCUT2D eigenvalue weighted by Crippen LogP contribution is 2.27. The molecule has 0 aromatic rings. The fraction of sp³-hybridized carbons (Fsp3) is 0.800. The van der Waals surface area contributed by atoms with Crippen molar-refractivity contribution in [3.8, 4) is 0 Å². The van der Waals surface area contributed by atoms with Crippen LogP contribution < -0.4 is 0 Å². The van der Waals surface area contributed by atoms with E-state index < -0.39 is 0 Å². The van der Waals surface area contributed by atoms with Crippen LogP contribution in [0.15, 0.2) is 0 Å². The maximum Gasteiger partial charge on any atom is 0.142 e. The molecule has 0 saturated carbocycles. The molecule has 1 aliphatic rings. The number of hydrogen-bond acceptors (Lipinski definition) is 2. The number of hydrogen-bond donors (Lipinski definition) is 0. The lowest BCUT2D eigenvalue weighted by Gasteiger charge is -2.20. The Labute approximate surface area is 47.5 Å². The highest BCUT2D eigenvalue weighted by Gasteiger charge is 2.21. The molecule has 1 rings (SSSR count). The lowest BCUT2D eigenvalue weighted by Crippen LogP contribution is -2.22. The minimum Gasteiger partial charge on any atom is -0.299 e. The van der Waals surface area contributed by atoms with E-state index in [0.29, 0.717) is 11.0 Å². The van der Waals surface area contributed by atoms with Crippen molar-refractivity contribution in [1.29, 1.82) is 0 Å². The van der Waals surface area contributed by atoms with Gasteiger partial charge in [0, 0.05) is 0 Å². The second-order valence-corrected chi connectivity index (χ2v) is 3.07. The van der Waals surface area contributed by atoms with E-state index >= 15 is 0 Å². The SMILES string of the molecule is CC(=O)[C@@H]1CCS1. The van der Waals surface area contributed by atoms with Gasteiger partial charge in [-0.25, -0.2) is 0 Å². The first-order valence-electron chi connectivity index (χ1n) is 2.43. The van der Waals surface area contributed by atoms with Crippen LogP contribution in [0.3, 0.4) is 0 Å². The Balaban J connectivity index is 2.27. The normalized spacial score (nSPS) is 29.0. The van der Waals surface area contributed by atoms with Crippen LogP contribution in [0.25, 0.3) is 0 Å². The number of ketones is 1. The Hall–Kier alpha value is 0.0200. The van der Waals surface area contributed by atoms with Crippen molar-refractivity contribution in [3.63, 3.8) is 0 Å². The van der Waals surface area contributed by atoms with E-state index in [1.807, 2.05) is 0 Å². The van der Waals surface area contributed by atoms with Gasteiger partial charge in [0.15, 0.2) is 0 Å². The molecule has 0 unspecified atom stereocenters. The van der Waals surface area contributed by atoms with E-state index in [1.54, 1.807) is 18.7 Å². The first kappa shape index (κ1) is 5.16. The topological polar surface area (TPSA) is 17.1 Å². The lowest BCUT2D eigenvalue weighted by molar-refractivity contribution is -0.116. The molecule has 0 bridgehead atoms. The monoisotopic (exact) mass is 116 g/mol. The summed E-state index contributed by atoms with van der Waals surface area (Å²) < 4.78 is 0. The van der Waals surface area contributed by atoms with Crippen LogP contribution in [0.4, 0.5) is 0 Å². The van der Waals surface area contributed by atoms with Gasteiger partial charge in [-0.3, -0.25) is 4.79 Å². The summed E-state index contributed by atoms with van der Waals surface area (Å²) in [5, 5.41) is 0.361. The molecule has 0 amide bonds. The summed E-state index contributed by atoms with van der Waals surface area (Å²) in [6.07, 6.45) is 1.11. The number of rotatable bonds is 1. The maximum atomic E-state index is 10.4. The van der Waals surface area contributed by atoms with Crippen LogP contribution in [0.2, 0.25) is 0 Å². The zero-order chi connectivity index (χ0) is 5.28. The van der Waals surface area contributed by atoms with Crippen LogP contribution in [-0.4, -0.2) is 16.8 Å². The van der Waals surface area contributed by atoms with Crippen LogP contribution in [0.1, 0.15) is 13.3 Å². The van der Waals surface area contributed by atoms with Crippen molar-refractivity contribution in [2.75, 3.05) is 5.75 Å². The minimum atomic E-state index is 0.344. The van der Waals surface area contributed by atoms with E-state index in [0.717, 1.165) is 6.42 Å². The number of carbonyl (C=O) groups excluding carboxylic acids is 1. The zero-order valence-electron chi connectivity index (χ0n) is 4.31. The van der Waals surface area contributed by atoms with Crippen LogP contribution >= 0.6 is 11.8 Å². The van der Waals surface area contributed by atoms with Gasteiger partial charge in [-0.2, -0.15) is 11.8 Å². The van der Waals surface area contributed by atoms with Crippen molar-refractivity contribution in [1.82, 2.24) is 0 Å². The average molecular weight is 116 g/mol. The van der Waals surface area contributed by atoms with Crippen LogP contribution in [-0.2, 0) is 4.79 Å². The Morgan fingerprint density at radius 1 is 1.86 bits per heavy atom. The van der Waals surface area contributed by atoms with E-state index in [1.165, 1.54) is 5.75 Å². The smallest absolute Gasteiger partial charge is 0.142 e. The van der Waals surface area contributed by atoms with Gasteiger partial charge in [0.2, 0.25) is 0 Å². The number of thioether (sulfide) groups is 1. The third-order valence-electron chi connectivity index (χ3n) is 1.15. The van der Waals surface area contributed by atoms with Gasteiger partial charge in [0.05, 0.1) is 5.25 Å². The van der Waals surface area contributed by atoms with E-state index in [2.05, 4.69) is 0 Å². The van der Waals surface area contributed by atoms with Crippen molar-refractivity contribution in [3.05, 3.63) is 0 Å². The maximum absolute atomic E-state index is 10.4. The highest BCUT2D eigenvalue weighted by atomic mass is 32.2. The molecule has 1 saturated heterocycles. The standard InChI is InChI=1S/C5H8OS/c1-4(6)5-2-3-7-5/h5H,2-3H2,1H3/t5-/m0/s1. The number of Topliss-reactive ketones (excluding diaryl/α,β-unsaturated/α-hetero) is 1. The summed E-state index contributed by atoms with van der Waals surface area (Å²) in [5.74, 6) is 1.53. The molecule has 0 aromatic heterocycles. The predicted octanol–water partition coefficient (Wildman–Crippen LogP) is 1.08. The van der Waals surface area contributed by atoms with Gasteiger partial charge in [0.25, 0.3) is 0 Å². The summed E-state index contributed by atoms with van der Waals surface area (Å²) in [6.45, 7) is 1.66.